The summed E-state index contributed by atoms with van der Waals surface area (Å²) in [6.45, 7) is 3.62. The number of hydrogen-bond acceptors (Lipinski definition) is 2. The van der Waals surface area contributed by atoms with Crippen LogP contribution in [-0.2, 0) is 0 Å². The Morgan fingerprint density at radius 3 is 2.87 bits per heavy atom. The van der Waals surface area contributed by atoms with Crippen molar-refractivity contribution in [1.29, 1.82) is 0 Å². The lowest BCUT2D eigenvalue weighted by Crippen LogP contribution is -2.01. The van der Waals surface area contributed by atoms with E-state index in [4.69, 9.17) is 4.74 Å². The van der Waals surface area contributed by atoms with Crippen molar-refractivity contribution in [3.05, 3.63) is 41.7 Å². The maximum atomic E-state index is 12.9. The van der Waals surface area contributed by atoms with E-state index in [2.05, 4.69) is 0 Å². The van der Waals surface area contributed by atoms with E-state index >= 15 is 0 Å². The molecule has 3 heteroatoms. The molecule has 0 fully saturated rings. The highest BCUT2D eigenvalue weighted by molar-refractivity contribution is 5.96. The second kappa shape index (κ2) is 5.29. The van der Waals surface area contributed by atoms with Crippen LogP contribution in [0.3, 0.4) is 0 Å². The summed E-state index contributed by atoms with van der Waals surface area (Å²) in [7, 11) is 0. The predicted octanol–water partition coefficient (Wildman–Crippen LogP) is 2.98. The Morgan fingerprint density at radius 1 is 1.53 bits per heavy atom. The minimum Gasteiger partial charge on any atom is -0.489 e. The topological polar surface area (TPSA) is 26.3 Å². The highest BCUT2D eigenvalue weighted by Crippen LogP contribution is 2.20. The van der Waals surface area contributed by atoms with Gasteiger partial charge in [-0.3, -0.25) is 4.79 Å². The van der Waals surface area contributed by atoms with Crippen LogP contribution in [0.15, 0.2) is 30.4 Å². The Labute approximate surface area is 88.4 Å². The molecule has 0 N–H and O–H groups in total. The largest absolute Gasteiger partial charge is 0.489 e. The van der Waals surface area contributed by atoms with Crippen molar-refractivity contribution in [2.24, 2.45) is 0 Å². The van der Waals surface area contributed by atoms with E-state index in [1.165, 1.54) is 25.1 Å². The predicted molar refractivity (Wildman–Crippen MR) is 56.7 cm³/mol. The van der Waals surface area contributed by atoms with Gasteiger partial charge < -0.3 is 4.74 Å². The quantitative estimate of drug-likeness (QED) is 0.561. The summed E-state index contributed by atoms with van der Waals surface area (Å²) in [4.78, 5) is 11.2. The van der Waals surface area contributed by atoms with Gasteiger partial charge in [-0.1, -0.05) is 12.2 Å². The van der Waals surface area contributed by atoms with Crippen LogP contribution in [0.5, 0.6) is 5.75 Å². The number of rotatable bonds is 4. The van der Waals surface area contributed by atoms with Gasteiger partial charge in [-0.05, 0) is 26.0 Å². The molecule has 0 aliphatic rings. The van der Waals surface area contributed by atoms with Crippen LogP contribution in [0.4, 0.5) is 4.39 Å². The van der Waals surface area contributed by atoms with Crippen LogP contribution in [0.2, 0.25) is 0 Å². The second-order valence-corrected chi connectivity index (χ2v) is 3.08. The van der Waals surface area contributed by atoms with Crippen molar-refractivity contribution in [2.75, 3.05) is 6.61 Å². The fraction of sp³-hybridized carbons (Fsp3) is 0.250. The first-order valence-electron chi connectivity index (χ1n) is 4.69. The average Bonchev–Trinajstić information content (AvgIpc) is 2.18. The summed E-state index contributed by atoms with van der Waals surface area (Å²) in [5, 5.41) is 0. The van der Waals surface area contributed by atoms with Gasteiger partial charge in [0.15, 0.2) is 5.78 Å². The van der Waals surface area contributed by atoms with Crippen LogP contribution in [0, 0.1) is 5.82 Å². The molecule has 1 aromatic rings. The molecule has 0 bridgehead atoms. The lowest BCUT2D eigenvalue weighted by molar-refractivity contribution is 0.101. The van der Waals surface area contributed by atoms with Gasteiger partial charge in [0.1, 0.15) is 18.2 Å². The molecule has 1 aromatic carbocycles. The number of halogens is 1. The Hall–Kier alpha value is -1.64. The van der Waals surface area contributed by atoms with Gasteiger partial charge in [-0.2, -0.15) is 0 Å². The molecule has 0 radical (unpaired) electrons. The standard InChI is InChI=1S/C12H13FO2/c1-3-4-7-15-12-8-10(13)5-6-11(12)9(2)14/h3-6,8H,7H2,1-2H3. The number of ether oxygens (including phenoxy) is 1. The Bertz CT molecular complexity index is 383. The normalized spacial score (nSPS) is 10.6. The Morgan fingerprint density at radius 2 is 2.27 bits per heavy atom. The first kappa shape index (κ1) is 11.4. The van der Waals surface area contributed by atoms with Crippen LogP contribution < -0.4 is 4.74 Å². The molecule has 0 spiro atoms. The molecule has 0 heterocycles. The SMILES string of the molecule is CC=CCOc1cc(F)ccc1C(C)=O. The summed E-state index contributed by atoms with van der Waals surface area (Å²) in [5.41, 5.74) is 0.404. The number of carbonyl (C=O) groups is 1. The minimum atomic E-state index is -0.407. The lowest BCUT2D eigenvalue weighted by atomic mass is 10.1. The fourth-order valence-corrected chi connectivity index (χ4v) is 1.14. The molecular weight excluding hydrogens is 195 g/mol. The maximum Gasteiger partial charge on any atom is 0.163 e. The van der Waals surface area contributed by atoms with Crippen LogP contribution in [-0.4, -0.2) is 12.4 Å². The van der Waals surface area contributed by atoms with Crippen molar-refractivity contribution >= 4 is 5.78 Å². The van der Waals surface area contributed by atoms with Crippen molar-refractivity contribution < 1.29 is 13.9 Å². The smallest absolute Gasteiger partial charge is 0.163 e. The molecule has 0 atom stereocenters. The van der Waals surface area contributed by atoms with Gasteiger partial charge in [-0.25, -0.2) is 4.39 Å². The van der Waals surface area contributed by atoms with E-state index < -0.39 is 5.82 Å². The van der Waals surface area contributed by atoms with E-state index in [0.29, 0.717) is 17.9 Å². The van der Waals surface area contributed by atoms with Gasteiger partial charge in [0.2, 0.25) is 0 Å². The molecular formula is C12H13FO2. The summed E-state index contributed by atoms with van der Waals surface area (Å²) < 4.78 is 18.2. The third kappa shape index (κ3) is 3.20. The Balaban J connectivity index is 2.91. The molecule has 0 saturated carbocycles. The van der Waals surface area contributed by atoms with Crippen LogP contribution >= 0.6 is 0 Å². The zero-order valence-corrected chi connectivity index (χ0v) is 8.79. The van der Waals surface area contributed by atoms with E-state index in [1.54, 1.807) is 6.08 Å². The highest BCUT2D eigenvalue weighted by atomic mass is 19.1. The van der Waals surface area contributed by atoms with Gasteiger partial charge in [-0.15, -0.1) is 0 Å². The molecule has 1 rings (SSSR count). The molecule has 0 saturated heterocycles. The number of benzene rings is 1. The third-order valence-corrected chi connectivity index (χ3v) is 1.89. The van der Waals surface area contributed by atoms with Gasteiger partial charge in [0.25, 0.3) is 0 Å². The number of ketones is 1. The zero-order chi connectivity index (χ0) is 11.3. The lowest BCUT2D eigenvalue weighted by Gasteiger charge is -2.07. The van der Waals surface area contributed by atoms with E-state index in [0.717, 1.165) is 0 Å². The molecule has 15 heavy (non-hydrogen) atoms. The molecule has 0 aliphatic heterocycles. The number of allylic oxidation sites excluding steroid dienone is 1. The minimum absolute atomic E-state index is 0.134. The van der Waals surface area contributed by atoms with Crippen molar-refractivity contribution in [3.8, 4) is 5.75 Å². The number of hydrogen-bond donors (Lipinski definition) is 0. The first-order valence-corrected chi connectivity index (χ1v) is 4.69. The summed E-state index contributed by atoms with van der Waals surface area (Å²) in [5.74, 6) is -0.249. The van der Waals surface area contributed by atoms with Crippen molar-refractivity contribution in [2.45, 2.75) is 13.8 Å². The molecule has 0 unspecified atom stereocenters. The van der Waals surface area contributed by atoms with Gasteiger partial charge in [0.05, 0.1) is 5.56 Å². The number of Topliss-reactive ketones (excluding diaryl/α,β-unsaturated/α-hetero) is 1. The molecule has 0 amide bonds. The number of carbonyl (C=O) groups excluding carboxylic acids is 1. The summed E-state index contributed by atoms with van der Waals surface area (Å²) >= 11 is 0. The molecule has 80 valence electrons. The second-order valence-electron chi connectivity index (χ2n) is 3.08. The van der Waals surface area contributed by atoms with Crippen LogP contribution in [0.25, 0.3) is 0 Å². The van der Waals surface area contributed by atoms with E-state index in [1.807, 2.05) is 13.0 Å². The molecule has 0 aromatic heterocycles. The maximum absolute atomic E-state index is 12.9. The van der Waals surface area contributed by atoms with Crippen molar-refractivity contribution in [3.63, 3.8) is 0 Å². The van der Waals surface area contributed by atoms with E-state index in [-0.39, 0.29) is 5.78 Å². The Kier molecular flexibility index (Phi) is 4.03. The fourth-order valence-electron chi connectivity index (χ4n) is 1.14. The molecule has 0 aliphatic carbocycles. The summed E-state index contributed by atoms with van der Waals surface area (Å²) in [6, 6.07) is 3.90. The van der Waals surface area contributed by atoms with Crippen LogP contribution in [0.1, 0.15) is 24.2 Å². The van der Waals surface area contributed by atoms with Gasteiger partial charge in [0, 0.05) is 6.07 Å². The third-order valence-electron chi connectivity index (χ3n) is 1.89. The van der Waals surface area contributed by atoms with E-state index in [9.17, 15) is 9.18 Å². The highest BCUT2D eigenvalue weighted by Gasteiger charge is 2.08. The first-order chi connectivity index (χ1) is 7.15. The van der Waals surface area contributed by atoms with Gasteiger partial charge >= 0.3 is 0 Å². The molecule has 2 nitrogen and oxygen atoms in total. The average molecular weight is 208 g/mol. The zero-order valence-electron chi connectivity index (χ0n) is 8.79. The van der Waals surface area contributed by atoms with Crippen molar-refractivity contribution in [1.82, 2.24) is 0 Å². The monoisotopic (exact) mass is 208 g/mol. The summed E-state index contributed by atoms with van der Waals surface area (Å²) in [6.07, 6.45) is 3.61.